The highest BCUT2D eigenvalue weighted by Gasteiger charge is 2.21. The minimum Gasteiger partial charge on any atom is -0.508 e. The summed E-state index contributed by atoms with van der Waals surface area (Å²) < 4.78 is 32.3. The van der Waals surface area contributed by atoms with Crippen molar-refractivity contribution in [3.05, 3.63) is 24.0 Å². The first-order chi connectivity index (χ1) is 8.28. The van der Waals surface area contributed by atoms with Crippen molar-refractivity contribution in [2.75, 3.05) is 6.26 Å². The van der Waals surface area contributed by atoms with Crippen LogP contribution in [-0.4, -0.2) is 25.6 Å². The molecule has 0 saturated heterocycles. The lowest BCUT2D eigenvalue weighted by molar-refractivity contribution is 0.475. The van der Waals surface area contributed by atoms with Crippen LogP contribution in [0, 0.1) is 5.41 Å². The lowest BCUT2D eigenvalue weighted by Crippen LogP contribution is -2.13. The van der Waals surface area contributed by atoms with Crippen molar-refractivity contribution in [1.29, 1.82) is 5.41 Å². The average Bonchev–Trinajstić information content (AvgIpc) is 2.55. The molecule has 0 spiro atoms. The molecule has 0 aliphatic carbocycles. The van der Waals surface area contributed by atoms with Crippen LogP contribution in [-0.2, 0) is 10.1 Å². The molecule has 18 heavy (non-hydrogen) atoms. The number of benzene rings is 1. The molecule has 0 aliphatic heterocycles. The molecule has 2 aromatic rings. The number of hydrogen-bond acceptors (Lipinski definition) is 6. The Morgan fingerprint density at radius 3 is 2.72 bits per heavy atom. The zero-order chi connectivity index (χ0) is 13.5. The van der Waals surface area contributed by atoms with Crippen LogP contribution >= 0.6 is 0 Å². The van der Waals surface area contributed by atoms with Crippen LogP contribution in [0.15, 0.2) is 22.6 Å². The van der Waals surface area contributed by atoms with E-state index in [1.807, 2.05) is 0 Å². The van der Waals surface area contributed by atoms with Gasteiger partial charge in [-0.05, 0) is 18.2 Å². The normalized spacial score (nSPS) is 11.6. The summed E-state index contributed by atoms with van der Waals surface area (Å²) in [7, 11) is -3.80. The van der Waals surface area contributed by atoms with Crippen LogP contribution in [0.5, 0.6) is 11.5 Å². The smallest absolute Gasteiger partial charge is 0.306 e. The maximum Gasteiger partial charge on any atom is 0.306 e. The van der Waals surface area contributed by atoms with Crippen molar-refractivity contribution in [3.8, 4) is 11.5 Å². The first-order valence-electron chi connectivity index (χ1n) is 4.77. The van der Waals surface area contributed by atoms with Gasteiger partial charge in [-0.2, -0.15) is 8.42 Å². The van der Waals surface area contributed by atoms with Crippen molar-refractivity contribution in [2.24, 2.45) is 5.73 Å². The molecule has 0 unspecified atom stereocenters. The number of phenols is 1. The van der Waals surface area contributed by atoms with E-state index in [2.05, 4.69) is 0 Å². The minimum absolute atomic E-state index is 0.0863. The molecule has 0 atom stereocenters. The number of amidine groups is 1. The van der Waals surface area contributed by atoms with Crippen LogP contribution in [0.25, 0.3) is 11.0 Å². The maximum absolute atomic E-state index is 11.2. The van der Waals surface area contributed by atoms with E-state index in [9.17, 15) is 13.5 Å². The Kier molecular flexibility index (Phi) is 2.66. The molecule has 1 heterocycles. The summed E-state index contributed by atoms with van der Waals surface area (Å²) in [5, 5.41) is 16.9. The highest BCUT2D eigenvalue weighted by molar-refractivity contribution is 7.86. The highest BCUT2D eigenvalue weighted by Crippen LogP contribution is 2.35. The van der Waals surface area contributed by atoms with Crippen LogP contribution < -0.4 is 9.92 Å². The summed E-state index contributed by atoms with van der Waals surface area (Å²) >= 11 is 0. The number of nitrogens with one attached hydrogen (secondary N) is 1. The summed E-state index contributed by atoms with van der Waals surface area (Å²) in [5.74, 6) is -0.946. The maximum atomic E-state index is 11.2. The van der Waals surface area contributed by atoms with Crippen molar-refractivity contribution in [2.45, 2.75) is 0 Å². The molecule has 0 saturated carbocycles. The summed E-state index contributed by atoms with van der Waals surface area (Å²) in [6.45, 7) is 0. The second kappa shape index (κ2) is 3.91. The van der Waals surface area contributed by atoms with E-state index >= 15 is 0 Å². The van der Waals surface area contributed by atoms with Gasteiger partial charge in [-0.25, -0.2) is 0 Å². The van der Waals surface area contributed by atoms with Gasteiger partial charge in [0.15, 0.2) is 11.6 Å². The van der Waals surface area contributed by atoms with Crippen LogP contribution in [0.1, 0.15) is 5.76 Å². The molecule has 1 aromatic heterocycles. The van der Waals surface area contributed by atoms with Crippen LogP contribution in [0.3, 0.4) is 0 Å². The van der Waals surface area contributed by atoms with Gasteiger partial charge in [-0.15, -0.1) is 0 Å². The lowest BCUT2D eigenvalue weighted by Gasteiger charge is -2.02. The fourth-order valence-electron chi connectivity index (χ4n) is 1.47. The van der Waals surface area contributed by atoms with Gasteiger partial charge in [0.1, 0.15) is 11.3 Å². The van der Waals surface area contributed by atoms with E-state index in [0.29, 0.717) is 0 Å². The van der Waals surface area contributed by atoms with Gasteiger partial charge in [0, 0.05) is 0 Å². The summed E-state index contributed by atoms with van der Waals surface area (Å²) in [5.41, 5.74) is 5.55. The number of nitrogen functional groups attached to an aromatic ring is 1. The van der Waals surface area contributed by atoms with E-state index in [-0.39, 0.29) is 28.2 Å². The lowest BCUT2D eigenvalue weighted by atomic mass is 10.2. The fourth-order valence-corrected chi connectivity index (χ4v) is 1.94. The number of hydrogen-bond donors (Lipinski definition) is 3. The highest BCUT2D eigenvalue weighted by atomic mass is 32.2. The van der Waals surface area contributed by atoms with E-state index in [4.69, 9.17) is 19.7 Å². The van der Waals surface area contributed by atoms with Crippen molar-refractivity contribution in [1.82, 2.24) is 0 Å². The molecule has 4 N–H and O–H groups in total. The van der Waals surface area contributed by atoms with Gasteiger partial charge in [0.25, 0.3) is 0 Å². The number of nitrogens with two attached hydrogens (primary N) is 1. The van der Waals surface area contributed by atoms with Gasteiger partial charge in [-0.3, -0.25) is 5.41 Å². The predicted octanol–water partition coefficient (Wildman–Crippen LogP) is 0.761. The monoisotopic (exact) mass is 270 g/mol. The number of fused-ring (bicyclic) bond motifs is 1. The third-order valence-electron chi connectivity index (χ3n) is 2.11. The third-order valence-corrected chi connectivity index (χ3v) is 2.57. The molecular formula is C10H10N2O5S. The Labute approximate surface area is 102 Å². The van der Waals surface area contributed by atoms with Gasteiger partial charge in [0.2, 0.25) is 5.76 Å². The Morgan fingerprint density at radius 2 is 2.17 bits per heavy atom. The Morgan fingerprint density at radius 1 is 1.50 bits per heavy atom. The van der Waals surface area contributed by atoms with Gasteiger partial charge >= 0.3 is 10.1 Å². The Hall–Kier alpha value is -2.22. The molecule has 0 bridgehead atoms. The SMILES string of the molecule is CS(=O)(=O)Oc1c(C(=N)N)oc2ccc(O)cc12. The van der Waals surface area contributed by atoms with Crippen LogP contribution in [0.2, 0.25) is 0 Å². The van der Waals surface area contributed by atoms with Crippen molar-refractivity contribution in [3.63, 3.8) is 0 Å². The number of rotatable bonds is 3. The standard InChI is InChI=1S/C10H10N2O5S/c1-18(14,15)17-8-6-4-5(13)2-3-7(6)16-9(8)10(11)12/h2-4,13H,1H3,(H3,11,12). The van der Waals surface area contributed by atoms with Crippen molar-refractivity contribution >= 4 is 26.9 Å². The summed E-state index contributed by atoms with van der Waals surface area (Å²) in [4.78, 5) is 0. The zero-order valence-electron chi connectivity index (χ0n) is 9.30. The van der Waals surface area contributed by atoms with E-state index in [0.717, 1.165) is 6.26 Å². The zero-order valence-corrected chi connectivity index (χ0v) is 10.1. The van der Waals surface area contributed by atoms with Gasteiger partial charge in [0.05, 0.1) is 11.6 Å². The number of furan rings is 1. The average molecular weight is 270 g/mol. The van der Waals surface area contributed by atoms with Gasteiger partial charge < -0.3 is 19.4 Å². The first-order valence-corrected chi connectivity index (χ1v) is 6.59. The summed E-state index contributed by atoms with van der Waals surface area (Å²) in [6, 6.07) is 4.05. The molecule has 8 heteroatoms. The van der Waals surface area contributed by atoms with E-state index < -0.39 is 16.0 Å². The number of phenolic OH excluding ortho intramolecular Hbond substituents is 1. The minimum atomic E-state index is -3.80. The van der Waals surface area contributed by atoms with E-state index in [1.54, 1.807) is 0 Å². The molecule has 7 nitrogen and oxygen atoms in total. The molecule has 96 valence electrons. The molecule has 0 aliphatic rings. The largest absolute Gasteiger partial charge is 0.508 e. The van der Waals surface area contributed by atoms with Crippen LogP contribution in [0.4, 0.5) is 0 Å². The number of aromatic hydroxyl groups is 1. The Bertz CT molecular complexity index is 732. The Balaban J connectivity index is 2.76. The second-order valence-electron chi connectivity index (χ2n) is 3.64. The topological polar surface area (TPSA) is 127 Å². The fraction of sp³-hybridized carbons (Fsp3) is 0.100. The molecule has 0 fully saturated rings. The quantitative estimate of drug-likeness (QED) is 0.429. The first kappa shape index (κ1) is 12.2. The van der Waals surface area contributed by atoms with Crippen molar-refractivity contribution < 1.29 is 22.1 Å². The predicted molar refractivity (Wildman–Crippen MR) is 64.4 cm³/mol. The summed E-state index contributed by atoms with van der Waals surface area (Å²) in [6.07, 6.45) is 0.860. The third kappa shape index (κ3) is 2.23. The molecule has 2 rings (SSSR count). The van der Waals surface area contributed by atoms with Gasteiger partial charge in [-0.1, -0.05) is 0 Å². The van der Waals surface area contributed by atoms with E-state index in [1.165, 1.54) is 18.2 Å². The molecular weight excluding hydrogens is 260 g/mol. The molecule has 0 amide bonds. The molecule has 1 aromatic carbocycles. The molecule has 0 radical (unpaired) electrons. The second-order valence-corrected chi connectivity index (χ2v) is 5.22.